The Balaban J connectivity index is 1.66. The third-order valence-corrected chi connectivity index (χ3v) is 6.42. The molecule has 0 atom stereocenters. The van der Waals surface area contributed by atoms with Crippen LogP contribution in [0.2, 0.25) is 0 Å². The molecule has 162 valence electrons. The second-order valence-electron chi connectivity index (χ2n) is 8.32. The Kier molecular flexibility index (Phi) is 5.13. The summed E-state index contributed by atoms with van der Waals surface area (Å²) in [5.41, 5.74) is 5.80. The number of benzene rings is 2. The maximum atomic E-state index is 12.4. The molecule has 0 saturated heterocycles. The Labute approximate surface area is 187 Å². The predicted octanol–water partition coefficient (Wildman–Crippen LogP) is 5.17. The summed E-state index contributed by atoms with van der Waals surface area (Å²) in [5.74, 6) is -0.465. The molecule has 4 aromatic rings. The zero-order valence-corrected chi connectivity index (χ0v) is 18.6. The predicted molar refractivity (Wildman–Crippen MR) is 126 cm³/mol. The number of hydrogen-bond donors (Lipinski definition) is 0. The van der Waals surface area contributed by atoms with Crippen LogP contribution in [0.4, 0.5) is 5.69 Å². The Hall–Kier alpha value is -3.67. The van der Waals surface area contributed by atoms with Gasteiger partial charge in [0.15, 0.2) is 11.3 Å². The molecule has 1 fully saturated rings. The highest BCUT2D eigenvalue weighted by molar-refractivity contribution is 6.00. The van der Waals surface area contributed by atoms with Crippen molar-refractivity contribution in [3.8, 4) is 16.8 Å². The summed E-state index contributed by atoms with van der Waals surface area (Å²) in [6, 6.07) is 20.8. The van der Waals surface area contributed by atoms with E-state index in [-0.39, 0.29) is 5.69 Å². The number of nitrogens with zero attached hydrogens (tertiary/aromatic N) is 4. The lowest BCUT2D eigenvalue weighted by atomic mass is 9.91. The van der Waals surface area contributed by atoms with Crippen LogP contribution in [0.25, 0.3) is 27.8 Å². The van der Waals surface area contributed by atoms with Gasteiger partial charge < -0.3 is 9.64 Å². The Morgan fingerprint density at radius 1 is 1.09 bits per heavy atom. The molecule has 0 spiro atoms. The minimum Gasteiger partial charge on any atom is -0.464 e. The van der Waals surface area contributed by atoms with E-state index >= 15 is 0 Å². The molecule has 0 N–H and O–H groups in total. The molecule has 0 radical (unpaired) electrons. The number of carbonyl (C=O) groups excluding carboxylic acids is 1. The Morgan fingerprint density at radius 2 is 1.81 bits per heavy atom. The number of carbonyl (C=O) groups is 1. The van der Waals surface area contributed by atoms with Crippen LogP contribution in [-0.2, 0) is 4.74 Å². The molecule has 0 aliphatic heterocycles. The molecule has 1 aliphatic carbocycles. The fraction of sp³-hybridized carbons (Fsp3) is 0.269. The van der Waals surface area contributed by atoms with Crippen LogP contribution in [0.15, 0.2) is 60.7 Å². The van der Waals surface area contributed by atoms with Crippen molar-refractivity contribution in [3.05, 3.63) is 72.1 Å². The van der Waals surface area contributed by atoms with Gasteiger partial charge in [0.25, 0.3) is 0 Å². The molecule has 0 amide bonds. The van der Waals surface area contributed by atoms with E-state index in [0.29, 0.717) is 11.7 Å². The lowest BCUT2D eigenvalue weighted by molar-refractivity contribution is 0.0594. The topological polar surface area (TPSA) is 60.2 Å². The highest BCUT2D eigenvalue weighted by Gasteiger charge is 2.23. The number of methoxy groups -OCH3 is 1. The number of fused-ring (bicyclic) bond motifs is 1. The van der Waals surface area contributed by atoms with Crippen LogP contribution in [0.1, 0.15) is 35.4 Å². The smallest absolute Gasteiger partial charge is 0.356 e. The van der Waals surface area contributed by atoms with Gasteiger partial charge in [-0.2, -0.15) is 5.10 Å². The van der Waals surface area contributed by atoms with Gasteiger partial charge >= 0.3 is 5.97 Å². The van der Waals surface area contributed by atoms with Crippen LogP contribution < -0.4 is 4.90 Å². The van der Waals surface area contributed by atoms with E-state index in [9.17, 15) is 4.79 Å². The summed E-state index contributed by atoms with van der Waals surface area (Å²) in [5, 5.41) is 5.69. The summed E-state index contributed by atoms with van der Waals surface area (Å²) < 4.78 is 6.78. The van der Waals surface area contributed by atoms with Crippen molar-refractivity contribution in [1.29, 1.82) is 0 Å². The van der Waals surface area contributed by atoms with E-state index in [0.717, 1.165) is 27.9 Å². The van der Waals surface area contributed by atoms with Gasteiger partial charge in [-0.3, -0.25) is 0 Å². The van der Waals surface area contributed by atoms with E-state index in [1.807, 2.05) is 43.3 Å². The van der Waals surface area contributed by atoms with E-state index in [1.54, 1.807) is 4.68 Å². The van der Waals surface area contributed by atoms with Crippen molar-refractivity contribution < 1.29 is 9.53 Å². The molecule has 2 aromatic heterocycles. The van der Waals surface area contributed by atoms with Crippen molar-refractivity contribution in [3.63, 3.8) is 0 Å². The first-order chi connectivity index (χ1) is 15.6. The van der Waals surface area contributed by atoms with Gasteiger partial charge in [0.05, 0.1) is 23.9 Å². The second kappa shape index (κ2) is 8.11. The normalized spacial score (nSPS) is 13.7. The molecule has 2 aromatic carbocycles. The lowest BCUT2D eigenvalue weighted by Gasteiger charge is -2.36. The van der Waals surface area contributed by atoms with E-state index in [1.165, 1.54) is 32.1 Å². The van der Waals surface area contributed by atoms with Crippen LogP contribution in [0.3, 0.4) is 0 Å². The largest absolute Gasteiger partial charge is 0.464 e. The first-order valence-electron chi connectivity index (χ1n) is 10.9. The number of anilines is 1. The second-order valence-corrected chi connectivity index (χ2v) is 8.32. The number of aryl methyl sites for hydroxylation is 1. The van der Waals surface area contributed by atoms with Crippen LogP contribution >= 0.6 is 0 Å². The molecule has 1 saturated carbocycles. The van der Waals surface area contributed by atoms with Crippen molar-refractivity contribution in [2.75, 3.05) is 19.1 Å². The van der Waals surface area contributed by atoms with Gasteiger partial charge in [-0.15, -0.1) is 0 Å². The van der Waals surface area contributed by atoms with Gasteiger partial charge in [0.1, 0.15) is 0 Å². The maximum absolute atomic E-state index is 12.4. The summed E-state index contributed by atoms with van der Waals surface area (Å²) in [7, 11) is 3.53. The highest BCUT2D eigenvalue weighted by Crippen LogP contribution is 2.34. The molecular weight excluding hydrogens is 400 g/mol. The monoisotopic (exact) mass is 426 g/mol. The van der Waals surface area contributed by atoms with Gasteiger partial charge in [0, 0.05) is 18.8 Å². The molecule has 2 heterocycles. The summed E-state index contributed by atoms with van der Waals surface area (Å²) in [4.78, 5) is 19.4. The third-order valence-electron chi connectivity index (χ3n) is 6.42. The summed E-state index contributed by atoms with van der Waals surface area (Å²) in [6.07, 6.45) is 3.82. The van der Waals surface area contributed by atoms with E-state index < -0.39 is 5.97 Å². The fourth-order valence-corrected chi connectivity index (χ4v) is 4.34. The van der Waals surface area contributed by atoms with Gasteiger partial charge in [-0.1, -0.05) is 30.3 Å². The Bertz CT molecular complexity index is 1270. The molecule has 5 rings (SSSR count). The first-order valence-corrected chi connectivity index (χ1v) is 10.9. The van der Waals surface area contributed by atoms with E-state index in [4.69, 9.17) is 9.84 Å². The minimum atomic E-state index is -0.465. The van der Waals surface area contributed by atoms with Crippen molar-refractivity contribution in [2.24, 2.45) is 0 Å². The van der Waals surface area contributed by atoms with E-state index in [2.05, 4.69) is 41.2 Å². The van der Waals surface area contributed by atoms with Crippen LogP contribution in [0.5, 0.6) is 0 Å². The molecule has 0 bridgehead atoms. The molecule has 6 nitrogen and oxygen atoms in total. The minimum absolute atomic E-state index is 0.266. The van der Waals surface area contributed by atoms with Crippen molar-refractivity contribution in [2.45, 2.75) is 32.2 Å². The first kappa shape index (κ1) is 20.2. The Morgan fingerprint density at radius 3 is 2.44 bits per heavy atom. The number of aromatic nitrogens is 3. The molecule has 1 aliphatic rings. The van der Waals surface area contributed by atoms with Gasteiger partial charge in [0.2, 0.25) is 0 Å². The molecule has 0 unspecified atom stereocenters. The maximum Gasteiger partial charge on any atom is 0.356 e. The lowest BCUT2D eigenvalue weighted by Crippen LogP contribution is -2.36. The van der Waals surface area contributed by atoms with Crippen molar-refractivity contribution >= 4 is 22.7 Å². The average Bonchev–Trinajstić information content (AvgIpc) is 3.14. The zero-order valence-electron chi connectivity index (χ0n) is 18.6. The third kappa shape index (κ3) is 3.42. The number of pyridine rings is 1. The zero-order chi connectivity index (χ0) is 22.2. The standard InChI is InChI=1S/C26H26N4O2/c1-17-24-22(18-12-14-20(15-13-18)29(2)19-10-7-11-19)16-23(26(31)32-3)27-25(24)30(28-17)21-8-5-4-6-9-21/h4-6,8-9,12-16,19H,7,10-11H2,1-3H3. The molecular formula is C26H26N4O2. The highest BCUT2D eigenvalue weighted by atomic mass is 16.5. The number of para-hydroxylation sites is 1. The van der Waals surface area contributed by atoms with Crippen molar-refractivity contribution in [1.82, 2.24) is 14.8 Å². The summed E-state index contributed by atoms with van der Waals surface area (Å²) in [6.45, 7) is 1.98. The molecule has 6 heteroatoms. The number of hydrogen-bond acceptors (Lipinski definition) is 5. The number of ether oxygens (including phenoxy) is 1. The van der Waals surface area contributed by atoms with Gasteiger partial charge in [-0.25, -0.2) is 14.5 Å². The number of esters is 1. The number of rotatable bonds is 5. The van der Waals surface area contributed by atoms with Gasteiger partial charge in [-0.05, 0) is 67.6 Å². The summed E-state index contributed by atoms with van der Waals surface area (Å²) >= 11 is 0. The average molecular weight is 427 g/mol. The fourth-order valence-electron chi connectivity index (χ4n) is 4.34. The quantitative estimate of drug-likeness (QED) is 0.412. The SMILES string of the molecule is COC(=O)c1cc(-c2ccc(N(C)C3CCC3)cc2)c2c(C)nn(-c3ccccc3)c2n1. The van der Waals surface area contributed by atoms with Crippen LogP contribution in [0, 0.1) is 6.92 Å². The van der Waals surface area contributed by atoms with Crippen LogP contribution in [-0.4, -0.2) is 40.9 Å². The molecule has 32 heavy (non-hydrogen) atoms.